The molecule has 0 atom stereocenters. The van der Waals surface area contributed by atoms with Crippen LogP contribution >= 0.6 is 11.8 Å². The SMILES string of the molecule is COc1cccc(NC(=O)CSc2ncc(CO)n2CC(=O)NCc2ccc(C)cc2)c1. The zero-order chi connectivity index (χ0) is 22.9. The van der Waals surface area contributed by atoms with Gasteiger partial charge in [0.1, 0.15) is 12.3 Å². The van der Waals surface area contributed by atoms with Crippen molar-refractivity contribution in [3.63, 3.8) is 0 Å². The molecule has 3 N–H and O–H groups in total. The first-order chi connectivity index (χ1) is 15.5. The zero-order valence-corrected chi connectivity index (χ0v) is 18.8. The normalized spacial score (nSPS) is 10.6. The summed E-state index contributed by atoms with van der Waals surface area (Å²) >= 11 is 1.20. The summed E-state index contributed by atoms with van der Waals surface area (Å²) in [5.41, 5.74) is 3.29. The number of nitrogens with one attached hydrogen (secondary N) is 2. The van der Waals surface area contributed by atoms with E-state index in [0.29, 0.717) is 28.8 Å². The Morgan fingerprint density at radius 2 is 1.94 bits per heavy atom. The average Bonchev–Trinajstić information content (AvgIpc) is 3.18. The Balaban J connectivity index is 1.56. The van der Waals surface area contributed by atoms with Gasteiger partial charge in [-0.25, -0.2) is 4.98 Å². The molecule has 0 fully saturated rings. The minimum Gasteiger partial charge on any atom is -0.497 e. The number of methoxy groups -OCH3 is 1. The van der Waals surface area contributed by atoms with E-state index in [0.717, 1.165) is 11.1 Å². The largest absolute Gasteiger partial charge is 0.497 e. The van der Waals surface area contributed by atoms with Gasteiger partial charge in [-0.05, 0) is 24.6 Å². The Labute approximate surface area is 191 Å². The highest BCUT2D eigenvalue weighted by molar-refractivity contribution is 7.99. The Morgan fingerprint density at radius 3 is 2.66 bits per heavy atom. The predicted octanol–water partition coefficient (Wildman–Crippen LogP) is 2.74. The van der Waals surface area contributed by atoms with Crippen LogP contribution in [0.4, 0.5) is 5.69 Å². The number of thioether (sulfide) groups is 1. The van der Waals surface area contributed by atoms with Crippen molar-refractivity contribution in [1.29, 1.82) is 0 Å². The topological polar surface area (TPSA) is 105 Å². The van der Waals surface area contributed by atoms with E-state index in [-0.39, 0.29) is 30.7 Å². The summed E-state index contributed by atoms with van der Waals surface area (Å²) in [6.07, 6.45) is 1.51. The molecule has 2 aromatic carbocycles. The molecule has 2 amide bonds. The number of amides is 2. The molecule has 9 heteroatoms. The standard InChI is InChI=1S/C23H26N4O4S/c1-16-6-8-17(9-7-16)11-24-21(29)13-27-19(14-28)12-25-23(27)32-15-22(30)26-18-4-3-5-20(10-18)31-2/h3-10,12,28H,11,13-15H2,1-2H3,(H,24,29)(H,26,30). The Bertz CT molecular complexity index is 1070. The highest BCUT2D eigenvalue weighted by Gasteiger charge is 2.15. The number of rotatable bonds is 10. The number of imidazole rings is 1. The van der Waals surface area contributed by atoms with Crippen LogP contribution in [0.1, 0.15) is 16.8 Å². The molecule has 8 nitrogen and oxygen atoms in total. The second-order valence-corrected chi connectivity index (χ2v) is 8.05. The van der Waals surface area contributed by atoms with Crippen molar-refractivity contribution < 1.29 is 19.4 Å². The third kappa shape index (κ3) is 6.60. The van der Waals surface area contributed by atoms with Crippen molar-refractivity contribution in [2.24, 2.45) is 0 Å². The molecule has 1 aromatic heterocycles. The molecule has 3 aromatic rings. The van der Waals surface area contributed by atoms with Gasteiger partial charge in [0.05, 0.1) is 31.4 Å². The van der Waals surface area contributed by atoms with Gasteiger partial charge in [0.2, 0.25) is 11.8 Å². The molecule has 3 rings (SSSR count). The van der Waals surface area contributed by atoms with Crippen molar-refractivity contribution in [2.75, 3.05) is 18.2 Å². The smallest absolute Gasteiger partial charge is 0.240 e. The molecule has 1 heterocycles. The third-order valence-corrected chi connectivity index (χ3v) is 5.65. The van der Waals surface area contributed by atoms with Crippen LogP contribution in [0.3, 0.4) is 0 Å². The lowest BCUT2D eigenvalue weighted by Crippen LogP contribution is -2.28. The average molecular weight is 455 g/mol. The van der Waals surface area contributed by atoms with E-state index < -0.39 is 0 Å². The minimum absolute atomic E-state index is 0.00158. The second-order valence-electron chi connectivity index (χ2n) is 7.11. The molecule has 0 saturated carbocycles. The fourth-order valence-electron chi connectivity index (χ4n) is 2.94. The lowest BCUT2D eigenvalue weighted by Gasteiger charge is -2.12. The number of aliphatic hydroxyl groups is 1. The molecule has 0 aliphatic heterocycles. The number of anilines is 1. The summed E-state index contributed by atoms with van der Waals surface area (Å²) in [5, 5.41) is 15.8. The number of benzene rings is 2. The molecule has 0 saturated heterocycles. The van der Waals surface area contributed by atoms with Gasteiger partial charge in [0, 0.05) is 18.3 Å². The molecule has 32 heavy (non-hydrogen) atoms. The van der Waals surface area contributed by atoms with Gasteiger partial charge in [0.15, 0.2) is 5.16 Å². The molecular weight excluding hydrogens is 428 g/mol. The number of hydrogen-bond acceptors (Lipinski definition) is 6. The van der Waals surface area contributed by atoms with Gasteiger partial charge in [-0.2, -0.15) is 0 Å². The Hall–Kier alpha value is -3.30. The van der Waals surface area contributed by atoms with E-state index in [1.165, 1.54) is 18.0 Å². The molecule has 168 valence electrons. The van der Waals surface area contributed by atoms with Crippen LogP contribution in [0, 0.1) is 6.92 Å². The highest BCUT2D eigenvalue weighted by Crippen LogP contribution is 2.21. The number of aromatic nitrogens is 2. The summed E-state index contributed by atoms with van der Waals surface area (Å²) in [6.45, 7) is 2.16. The number of ether oxygens (including phenoxy) is 1. The first kappa shape index (κ1) is 23.4. The van der Waals surface area contributed by atoms with E-state index in [1.54, 1.807) is 35.9 Å². The van der Waals surface area contributed by atoms with Crippen LogP contribution in [0.2, 0.25) is 0 Å². The lowest BCUT2D eigenvalue weighted by atomic mass is 10.1. The van der Waals surface area contributed by atoms with E-state index >= 15 is 0 Å². The van der Waals surface area contributed by atoms with Gasteiger partial charge >= 0.3 is 0 Å². The van der Waals surface area contributed by atoms with Crippen molar-refractivity contribution in [2.45, 2.75) is 31.8 Å². The fraction of sp³-hybridized carbons (Fsp3) is 0.261. The highest BCUT2D eigenvalue weighted by atomic mass is 32.2. The molecule has 0 spiro atoms. The van der Waals surface area contributed by atoms with Gasteiger partial charge < -0.3 is 25.0 Å². The molecule has 0 unspecified atom stereocenters. The lowest BCUT2D eigenvalue weighted by molar-refractivity contribution is -0.122. The van der Waals surface area contributed by atoms with E-state index in [2.05, 4.69) is 15.6 Å². The Morgan fingerprint density at radius 1 is 1.16 bits per heavy atom. The summed E-state index contributed by atoms with van der Waals surface area (Å²) in [7, 11) is 1.56. The molecule has 0 aliphatic carbocycles. The first-order valence-electron chi connectivity index (χ1n) is 10.0. The maximum absolute atomic E-state index is 12.5. The number of carbonyl (C=O) groups excluding carboxylic acids is 2. The van der Waals surface area contributed by atoms with Crippen molar-refractivity contribution >= 4 is 29.3 Å². The van der Waals surface area contributed by atoms with Crippen LogP contribution in [-0.4, -0.2) is 39.3 Å². The summed E-state index contributed by atoms with van der Waals surface area (Å²) < 4.78 is 6.77. The van der Waals surface area contributed by atoms with Crippen LogP contribution in [0.15, 0.2) is 59.9 Å². The summed E-state index contributed by atoms with van der Waals surface area (Å²) in [5.74, 6) is 0.327. The Kier molecular flexibility index (Phi) is 8.29. The van der Waals surface area contributed by atoms with Crippen molar-refractivity contribution in [1.82, 2.24) is 14.9 Å². The van der Waals surface area contributed by atoms with Gasteiger partial charge in [0.25, 0.3) is 0 Å². The predicted molar refractivity (Wildman–Crippen MR) is 124 cm³/mol. The van der Waals surface area contributed by atoms with Gasteiger partial charge in [-0.15, -0.1) is 0 Å². The number of hydrogen-bond donors (Lipinski definition) is 3. The fourth-order valence-corrected chi connectivity index (χ4v) is 3.73. The van der Waals surface area contributed by atoms with Gasteiger partial charge in [-0.3, -0.25) is 9.59 Å². The first-order valence-corrected chi connectivity index (χ1v) is 11.0. The summed E-state index contributed by atoms with van der Waals surface area (Å²) in [6, 6.07) is 15.0. The van der Waals surface area contributed by atoms with Crippen LogP contribution in [0.25, 0.3) is 0 Å². The molecule has 0 aliphatic rings. The van der Waals surface area contributed by atoms with Crippen molar-refractivity contribution in [3.05, 3.63) is 71.5 Å². The molecular formula is C23H26N4O4S. The monoisotopic (exact) mass is 454 g/mol. The minimum atomic E-state index is -0.255. The van der Waals surface area contributed by atoms with E-state index in [9.17, 15) is 14.7 Å². The molecule has 0 bridgehead atoms. The quantitative estimate of drug-likeness (QED) is 0.407. The number of nitrogens with zero attached hydrogens (tertiary/aromatic N) is 2. The maximum atomic E-state index is 12.5. The van der Waals surface area contributed by atoms with Crippen LogP contribution in [-0.2, 0) is 29.3 Å². The number of carbonyl (C=O) groups is 2. The zero-order valence-electron chi connectivity index (χ0n) is 18.0. The summed E-state index contributed by atoms with van der Waals surface area (Å²) in [4.78, 5) is 29.1. The van der Waals surface area contributed by atoms with Crippen LogP contribution in [0.5, 0.6) is 5.75 Å². The van der Waals surface area contributed by atoms with E-state index in [1.807, 2.05) is 31.2 Å². The van der Waals surface area contributed by atoms with Crippen LogP contribution < -0.4 is 15.4 Å². The van der Waals surface area contributed by atoms with E-state index in [4.69, 9.17) is 4.74 Å². The van der Waals surface area contributed by atoms with Crippen molar-refractivity contribution in [3.8, 4) is 5.75 Å². The number of aryl methyl sites for hydroxylation is 1. The second kappa shape index (κ2) is 11.4. The molecule has 0 radical (unpaired) electrons. The van der Waals surface area contributed by atoms with Gasteiger partial charge in [-0.1, -0.05) is 47.7 Å². The third-order valence-electron chi connectivity index (χ3n) is 4.66. The maximum Gasteiger partial charge on any atom is 0.240 e. The number of aliphatic hydroxyl groups excluding tert-OH is 1.